The monoisotopic (exact) mass is 446 g/mol. The SMILES string of the molecule is CC(C)(C)[C@H]1C=C2[C@H]([C@H](O[Si](C)(C)C(C)(C)C)[C@H]3C[C@@H]2C3(C)C)[Se](=O)O1. The first-order valence-corrected chi connectivity index (χ1v) is 15.3. The Hall–Kier alpha value is 0.196. The summed E-state index contributed by atoms with van der Waals surface area (Å²) in [5, 5.41) is 0.156. The summed E-state index contributed by atoms with van der Waals surface area (Å²) in [5.41, 5.74) is 1.61. The van der Waals surface area contributed by atoms with Crippen molar-refractivity contribution in [3.8, 4) is 0 Å². The molecule has 4 aliphatic rings. The van der Waals surface area contributed by atoms with Crippen molar-refractivity contribution in [1.29, 1.82) is 0 Å². The maximum absolute atomic E-state index is 13.3. The Morgan fingerprint density at radius 2 is 1.77 bits per heavy atom. The standard InChI is InChI=1S/C21H38O3SeSi/c1-19(2,3)16-11-13-14-12-15(21(14,7)8)17(18(13)25(22)23-16)24-26(9,10)20(4,5)6/h11,14-18H,12H2,1-10H3/t14-,15+,16+,17+,18+,25?/m0/s1. The van der Waals surface area contributed by atoms with Crippen LogP contribution in [0.4, 0.5) is 0 Å². The van der Waals surface area contributed by atoms with Crippen LogP contribution in [0, 0.1) is 22.7 Å². The first kappa shape index (κ1) is 20.9. The van der Waals surface area contributed by atoms with E-state index < -0.39 is 22.5 Å². The Morgan fingerprint density at radius 3 is 2.23 bits per heavy atom. The quantitative estimate of drug-likeness (QED) is 0.403. The Balaban J connectivity index is 2.01. The molecule has 1 aliphatic heterocycles. The van der Waals surface area contributed by atoms with Gasteiger partial charge in [-0.2, -0.15) is 0 Å². The molecule has 6 atom stereocenters. The molecular weight excluding hydrogens is 407 g/mol. The van der Waals surface area contributed by atoms with Gasteiger partial charge in [-0.25, -0.2) is 0 Å². The van der Waals surface area contributed by atoms with Crippen LogP contribution in [0.2, 0.25) is 22.9 Å². The molecule has 1 heterocycles. The molecule has 3 fully saturated rings. The fourth-order valence-corrected chi connectivity index (χ4v) is 9.44. The van der Waals surface area contributed by atoms with E-state index in [4.69, 9.17) is 8.25 Å². The van der Waals surface area contributed by atoms with E-state index in [2.05, 4.69) is 74.6 Å². The van der Waals surface area contributed by atoms with Gasteiger partial charge in [0.25, 0.3) is 0 Å². The summed E-state index contributed by atoms with van der Waals surface area (Å²) in [4.78, 5) is 0.0134. The van der Waals surface area contributed by atoms with Crippen LogP contribution in [0.5, 0.6) is 0 Å². The predicted octanol–water partition coefficient (Wildman–Crippen LogP) is 5.71. The molecule has 0 N–H and O–H groups in total. The molecule has 1 unspecified atom stereocenters. The molecule has 0 aromatic heterocycles. The van der Waals surface area contributed by atoms with E-state index in [9.17, 15) is 3.83 Å². The number of rotatable bonds is 2. The van der Waals surface area contributed by atoms with Crippen LogP contribution < -0.4 is 0 Å². The Kier molecular flexibility index (Phi) is 4.90. The van der Waals surface area contributed by atoms with Gasteiger partial charge in [0.15, 0.2) is 0 Å². The van der Waals surface area contributed by atoms with E-state index in [-0.39, 0.29) is 32.9 Å². The summed E-state index contributed by atoms with van der Waals surface area (Å²) >= 11 is -2.42. The van der Waals surface area contributed by atoms with Gasteiger partial charge in [-0.15, -0.1) is 0 Å². The summed E-state index contributed by atoms with van der Waals surface area (Å²) in [7, 11) is -1.93. The van der Waals surface area contributed by atoms with Gasteiger partial charge < -0.3 is 0 Å². The Bertz CT molecular complexity index is 639. The molecule has 4 rings (SSSR count). The average Bonchev–Trinajstić information content (AvgIpc) is 2.43. The van der Waals surface area contributed by atoms with E-state index in [1.807, 2.05) is 0 Å². The molecule has 3 nitrogen and oxygen atoms in total. The Labute approximate surface area is 165 Å². The van der Waals surface area contributed by atoms with Gasteiger partial charge in [0.2, 0.25) is 0 Å². The zero-order chi connectivity index (χ0) is 19.9. The van der Waals surface area contributed by atoms with Crippen LogP contribution in [0.1, 0.15) is 61.8 Å². The van der Waals surface area contributed by atoms with Gasteiger partial charge in [-0.05, 0) is 0 Å². The van der Waals surface area contributed by atoms with Crippen molar-refractivity contribution < 1.29 is 12.1 Å². The molecule has 0 amide bonds. The molecule has 5 heteroatoms. The predicted molar refractivity (Wildman–Crippen MR) is 110 cm³/mol. The second-order valence-electron chi connectivity index (χ2n) is 11.8. The molecule has 0 radical (unpaired) electrons. The van der Waals surface area contributed by atoms with E-state index >= 15 is 0 Å². The first-order valence-electron chi connectivity index (χ1n) is 10.0. The third-order valence-electron chi connectivity index (χ3n) is 7.61. The van der Waals surface area contributed by atoms with Gasteiger partial charge in [0.1, 0.15) is 0 Å². The van der Waals surface area contributed by atoms with Gasteiger partial charge >= 0.3 is 166 Å². The molecular formula is C21H38O3SeSi. The minimum absolute atomic E-state index is 0.0134. The Morgan fingerprint density at radius 1 is 1.19 bits per heavy atom. The van der Waals surface area contributed by atoms with E-state index in [1.54, 1.807) is 0 Å². The molecule has 0 saturated heterocycles. The van der Waals surface area contributed by atoms with Crippen molar-refractivity contribution in [2.45, 2.75) is 97.0 Å². The molecule has 0 aromatic carbocycles. The van der Waals surface area contributed by atoms with Gasteiger partial charge in [-0.3, -0.25) is 0 Å². The minimum atomic E-state index is -2.42. The van der Waals surface area contributed by atoms with Crippen molar-refractivity contribution in [3.63, 3.8) is 0 Å². The molecule has 3 aliphatic carbocycles. The van der Waals surface area contributed by atoms with Crippen LogP contribution in [0.25, 0.3) is 0 Å². The molecule has 3 saturated carbocycles. The fourth-order valence-electron chi connectivity index (χ4n) is 4.53. The van der Waals surface area contributed by atoms with E-state index in [1.165, 1.54) is 12.0 Å². The van der Waals surface area contributed by atoms with Crippen molar-refractivity contribution >= 4 is 22.5 Å². The average molecular weight is 446 g/mol. The van der Waals surface area contributed by atoms with Gasteiger partial charge in [0.05, 0.1) is 0 Å². The second-order valence-corrected chi connectivity index (χ2v) is 19.1. The summed E-state index contributed by atoms with van der Waals surface area (Å²) in [6.07, 6.45) is 3.53. The number of hydrogen-bond acceptors (Lipinski definition) is 3. The van der Waals surface area contributed by atoms with Crippen LogP contribution in [-0.2, 0) is 12.1 Å². The normalized spacial score (nSPS) is 39.7. The van der Waals surface area contributed by atoms with Crippen molar-refractivity contribution in [1.82, 2.24) is 0 Å². The van der Waals surface area contributed by atoms with Crippen molar-refractivity contribution in [3.05, 3.63) is 11.6 Å². The summed E-state index contributed by atoms with van der Waals surface area (Å²) in [5.74, 6) is 1.05. The molecule has 150 valence electrons. The second kappa shape index (κ2) is 6.09. The van der Waals surface area contributed by atoms with Crippen LogP contribution in [0.15, 0.2) is 11.6 Å². The summed E-state index contributed by atoms with van der Waals surface area (Å²) < 4.78 is 26.3. The third-order valence-corrected chi connectivity index (χ3v) is 14.9. The third kappa shape index (κ3) is 3.16. The fraction of sp³-hybridized carbons (Fsp3) is 0.905. The van der Waals surface area contributed by atoms with Crippen LogP contribution >= 0.6 is 0 Å². The molecule has 2 bridgehead atoms. The summed E-state index contributed by atoms with van der Waals surface area (Å²) in [6, 6.07) is 0. The number of hydrogen-bond donors (Lipinski definition) is 0. The summed E-state index contributed by atoms with van der Waals surface area (Å²) in [6.45, 7) is 22.8. The van der Waals surface area contributed by atoms with Crippen LogP contribution in [-0.4, -0.2) is 34.7 Å². The van der Waals surface area contributed by atoms with Crippen LogP contribution in [0.3, 0.4) is 0 Å². The van der Waals surface area contributed by atoms with Gasteiger partial charge in [-0.1, -0.05) is 0 Å². The molecule has 26 heavy (non-hydrogen) atoms. The topological polar surface area (TPSA) is 35.5 Å². The van der Waals surface area contributed by atoms with E-state index in [0.717, 1.165) is 0 Å². The molecule has 0 spiro atoms. The van der Waals surface area contributed by atoms with Crippen molar-refractivity contribution in [2.75, 3.05) is 0 Å². The zero-order valence-electron chi connectivity index (χ0n) is 18.3. The first-order chi connectivity index (χ1) is 11.6. The maximum atomic E-state index is 13.3. The van der Waals surface area contributed by atoms with Crippen molar-refractivity contribution in [2.24, 2.45) is 22.7 Å². The van der Waals surface area contributed by atoms with Gasteiger partial charge in [0, 0.05) is 0 Å². The van der Waals surface area contributed by atoms with E-state index in [0.29, 0.717) is 11.8 Å². The molecule has 0 aromatic rings. The zero-order valence-corrected chi connectivity index (χ0v) is 21.0.